The fraction of sp³-hybridized carbons (Fsp3) is 0.500. The number of carbonyl (C=O) groups is 1. The molecule has 13 heteroatoms. The monoisotopic (exact) mass is 496 g/mol. The zero-order chi connectivity index (χ0) is 24.8. The van der Waals surface area contributed by atoms with Crippen LogP contribution in [0.1, 0.15) is 25.7 Å². The topological polar surface area (TPSA) is 119 Å². The first-order valence-corrected chi connectivity index (χ1v) is 11.3. The van der Waals surface area contributed by atoms with Gasteiger partial charge in [-0.05, 0) is 43.9 Å². The van der Waals surface area contributed by atoms with Crippen LogP contribution in [0.3, 0.4) is 0 Å². The molecule has 35 heavy (non-hydrogen) atoms. The maximum Gasteiger partial charge on any atom is 0.573 e. The third kappa shape index (κ3) is 7.25. The maximum atomic E-state index is 12.6. The molecule has 0 spiro atoms. The lowest BCUT2D eigenvalue weighted by molar-refractivity contribution is -0.274. The Bertz CT molecular complexity index is 1010. The van der Waals surface area contributed by atoms with E-state index in [0.717, 1.165) is 12.1 Å². The van der Waals surface area contributed by atoms with Gasteiger partial charge in [0.05, 0.1) is 5.69 Å². The third-order valence-electron chi connectivity index (χ3n) is 5.64. The van der Waals surface area contributed by atoms with Crippen LogP contribution < -0.4 is 35.5 Å². The van der Waals surface area contributed by atoms with E-state index in [2.05, 4.69) is 36.0 Å². The number of alkyl halides is 3. The van der Waals surface area contributed by atoms with Gasteiger partial charge < -0.3 is 35.5 Å². The summed E-state index contributed by atoms with van der Waals surface area (Å²) in [6.07, 6.45) is -0.723. The molecule has 0 bridgehead atoms. The van der Waals surface area contributed by atoms with E-state index in [4.69, 9.17) is 9.47 Å². The predicted octanol–water partition coefficient (Wildman–Crippen LogP) is 3.28. The summed E-state index contributed by atoms with van der Waals surface area (Å²) in [6.45, 7) is 1.23. The highest BCUT2D eigenvalue weighted by atomic mass is 19.4. The minimum Gasteiger partial charge on any atom is -0.486 e. The van der Waals surface area contributed by atoms with Crippen molar-refractivity contribution in [2.75, 3.05) is 30.8 Å². The molecular weight excluding hydrogens is 469 g/mol. The van der Waals surface area contributed by atoms with Gasteiger partial charge in [0.2, 0.25) is 0 Å². The Labute approximate surface area is 199 Å². The van der Waals surface area contributed by atoms with Gasteiger partial charge in [-0.2, -0.15) is 4.98 Å². The first-order valence-electron chi connectivity index (χ1n) is 11.3. The summed E-state index contributed by atoms with van der Waals surface area (Å²) in [5, 5.41) is 11.4. The van der Waals surface area contributed by atoms with Gasteiger partial charge in [0.15, 0.2) is 0 Å². The lowest BCUT2D eigenvalue weighted by Gasteiger charge is -2.30. The van der Waals surface area contributed by atoms with Crippen LogP contribution in [0.4, 0.5) is 29.5 Å². The fourth-order valence-electron chi connectivity index (χ4n) is 3.79. The SMILES string of the molecule is CNc1ccnc(OC2CCC(NC(=O)Nc3cc(OC(F)(F)F)ccc3OC3CNC3)CC2)n1. The Kier molecular flexibility index (Phi) is 7.63. The van der Waals surface area contributed by atoms with E-state index in [9.17, 15) is 18.0 Å². The van der Waals surface area contributed by atoms with Gasteiger partial charge in [0.1, 0.15) is 29.5 Å². The number of hydrogen-bond donors (Lipinski definition) is 4. The zero-order valence-corrected chi connectivity index (χ0v) is 19.0. The highest BCUT2D eigenvalue weighted by Crippen LogP contribution is 2.33. The molecule has 10 nitrogen and oxygen atoms in total. The van der Waals surface area contributed by atoms with E-state index in [1.807, 2.05) is 0 Å². The van der Waals surface area contributed by atoms with Crippen LogP contribution in [-0.2, 0) is 0 Å². The van der Waals surface area contributed by atoms with E-state index >= 15 is 0 Å². The summed E-state index contributed by atoms with van der Waals surface area (Å²) in [7, 11) is 1.76. The average Bonchev–Trinajstić information content (AvgIpc) is 2.78. The molecule has 1 aromatic heterocycles. The van der Waals surface area contributed by atoms with E-state index < -0.39 is 18.1 Å². The molecule has 4 rings (SSSR count). The molecule has 0 radical (unpaired) electrons. The molecule has 2 fully saturated rings. The van der Waals surface area contributed by atoms with Crippen molar-refractivity contribution >= 4 is 17.5 Å². The van der Waals surface area contributed by atoms with Crippen molar-refractivity contribution in [1.29, 1.82) is 0 Å². The van der Waals surface area contributed by atoms with Gasteiger partial charge in [0.25, 0.3) is 0 Å². The van der Waals surface area contributed by atoms with Gasteiger partial charge in [-0.25, -0.2) is 9.78 Å². The fourth-order valence-corrected chi connectivity index (χ4v) is 3.79. The molecule has 2 amide bonds. The Morgan fingerprint density at radius 2 is 1.86 bits per heavy atom. The summed E-state index contributed by atoms with van der Waals surface area (Å²) in [5.74, 6) is 0.472. The van der Waals surface area contributed by atoms with Crippen molar-refractivity contribution in [3.8, 4) is 17.5 Å². The summed E-state index contributed by atoms with van der Waals surface area (Å²) in [6, 6.07) is 4.96. The van der Waals surface area contributed by atoms with E-state index in [1.165, 1.54) is 6.07 Å². The number of hydrogen-bond acceptors (Lipinski definition) is 8. The number of anilines is 2. The highest BCUT2D eigenvalue weighted by molar-refractivity contribution is 5.91. The second-order valence-corrected chi connectivity index (χ2v) is 8.27. The van der Waals surface area contributed by atoms with Crippen molar-refractivity contribution in [3.05, 3.63) is 30.5 Å². The number of carbonyl (C=O) groups excluding carboxylic acids is 1. The quantitative estimate of drug-likeness (QED) is 0.440. The van der Waals surface area contributed by atoms with E-state index in [1.54, 1.807) is 19.3 Å². The van der Waals surface area contributed by atoms with Gasteiger partial charge in [-0.15, -0.1) is 13.2 Å². The predicted molar refractivity (Wildman–Crippen MR) is 121 cm³/mol. The number of amides is 2. The van der Waals surface area contributed by atoms with Crippen molar-refractivity contribution < 1.29 is 32.2 Å². The van der Waals surface area contributed by atoms with Crippen molar-refractivity contribution in [1.82, 2.24) is 20.6 Å². The van der Waals surface area contributed by atoms with Crippen molar-refractivity contribution in [3.63, 3.8) is 0 Å². The van der Waals surface area contributed by atoms with Crippen LogP contribution in [0.25, 0.3) is 0 Å². The number of urea groups is 1. The molecule has 0 atom stereocenters. The van der Waals surface area contributed by atoms with E-state index in [0.29, 0.717) is 50.6 Å². The lowest BCUT2D eigenvalue weighted by atomic mass is 9.93. The summed E-state index contributed by atoms with van der Waals surface area (Å²) in [4.78, 5) is 21.0. The Morgan fingerprint density at radius 1 is 1.09 bits per heavy atom. The molecule has 190 valence electrons. The summed E-state index contributed by atoms with van der Waals surface area (Å²) >= 11 is 0. The number of halogens is 3. The molecule has 2 aromatic rings. The summed E-state index contributed by atoms with van der Waals surface area (Å²) in [5.41, 5.74) is 0.0923. The van der Waals surface area contributed by atoms with Crippen molar-refractivity contribution in [2.24, 2.45) is 0 Å². The normalized spacial score (nSPS) is 20.3. The standard InChI is InChI=1S/C22H27F3N6O4/c1-26-19-8-9-28-21(31-19)34-14-4-2-13(3-5-14)29-20(32)30-17-10-15(35-22(23,24)25)6-7-18(17)33-16-11-27-12-16/h6-10,13-14,16,27H,2-5,11-12H2,1H3,(H,26,28,31)(H2,29,30,32). The molecule has 1 saturated carbocycles. The number of ether oxygens (including phenoxy) is 3. The molecule has 1 saturated heterocycles. The number of rotatable bonds is 8. The molecule has 1 aliphatic heterocycles. The zero-order valence-electron chi connectivity index (χ0n) is 19.0. The number of benzene rings is 1. The van der Waals surface area contributed by atoms with Crippen LogP contribution in [0.15, 0.2) is 30.5 Å². The largest absolute Gasteiger partial charge is 0.573 e. The van der Waals surface area contributed by atoms with Gasteiger partial charge in [-0.3, -0.25) is 0 Å². The van der Waals surface area contributed by atoms with Crippen molar-refractivity contribution in [2.45, 2.75) is 50.3 Å². The van der Waals surface area contributed by atoms with Crippen LogP contribution in [0.5, 0.6) is 17.5 Å². The van der Waals surface area contributed by atoms with Gasteiger partial charge in [0, 0.05) is 38.4 Å². The van der Waals surface area contributed by atoms with Crippen LogP contribution >= 0.6 is 0 Å². The van der Waals surface area contributed by atoms with Gasteiger partial charge >= 0.3 is 18.4 Å². The smallest absolute Gasteiger partial charge is 0.486 e. The van der Waals surface area contributed by atoms with Gasteiger partial charge in [-0.1, -0.05) is 0 Å². The average molecular weight is 496 g/mol. The number of nitrogens with zero attached hydrogens (tertiary/aromatic N) is 2. The minimum absolute atomic E-state index is 0.0736. The maximum absolute atomic E-state index is 12.6. The minimum atomic E-state index is -4.85. The number of nitrogens with one attached hydrogen (secondary N) is 4. The second kappa shape index (κ2) is 10.8. The molecule has 2 aliphatic rings. The number of aromatic nitrogens is 2. The van der Waals surface area contributed by atoms with Crippen LogP contribution in [-0.4, -0.2) is 60.7 Å². The van der Waals surface area contributed by atoms with E-state index in [-0.39, 0.29) is 29.7 Å². The molecule has 2 heterocycles. The third-order valence-corrected chi connectivity index (χ3v) is 5.64. The molecule has 1 aliphatic carbocycles. The second-order valence-electron chi connectivity index (χ2n) is 8.27. The Hall–Kier alpha value is -3.48. The first kappa shape index (κ1) is 24.6. The molecular formula is C22H27F3N6O4. The Morgan fingerprint density at radius 3 is 2.51 bits per heavy atom. The van der Waals surface area contributed by atoms with Crippen LogP contribution in [0.2, 0.25) is 0 Å². The first-order chi connectivity index (χ1) is 16.8. The molecule has 1 aromatic carbocycles. The molecule has 4 N–H and O–H groups in total. The molecule has 0 unspecified atom stereocenters. The Balaban J connectivity index is 1.31. The lowest BCUT2D eigenvalue weighted by Crippen LogP contribution is -2.50. The highest BCUT2D eigenvalue weighted by Gasteiger charge is 2.32. The summed E-state index contributed by atoms with van der Waals surface area (Å²) < 4.78 is 53.5. The van der Waals surface area contributed by atoms with Crippen LogP contribution in [0, 0.1) is 0 Å².